The summed E-state index contributed by atoms with van der Waals surface area (Å²) in [5.41, 5.74) is 2.79. The number of hydrogen-bond donors (Lipinski definition) is 1. The van der Waals surface area contributed by atoms with E-state index in [1.165, 1.54) is 4.68 Å². The third-order valence-corrected chi connectivity index (χ3v) is 3.98. The molecule has 0 saturated carbocycles. The minimum absolute atomic E-state index is 0.207. The van der Waals surface area contributed by atoms with Crippen LogP contribution >= 0.6 is 11.8 Å². The highest BCUT2D eigenvalue weighted by atomic mass is 32.2. The Hall–Kier alpha value is -2.10. The molecule has 0 radical (unpaired) electrons. The van der Waals surface area contributed by atoms with E-state index in [4.69, 9.17) is 0 Å². The van der Waals surface area contributed by atoms with Gasteiger partial charge < -0.3 is 5.32 Å². The second kappa shape index (κ2) is 6.99. The number of nitrogens with zero attached hydrogens (tertiary/aromatic N) is 4. The normalized spacial score (nSPS) is 11.5. The van der Waals surface area contributed by atoms with E-state index in [1.54, 1.807) is 5.32 Å². The van der Waals surface area contributed by atoms with E-state index in [0.717, 1.165) is 28.6 Å². The predicted molar refractivity (Wildman–Crippen MR) is 78.4 cm³/mol. The highest BCUT2D eigenvalue weighted by Crippen LogP contribution is 2.22. The van der Waals surface area contributed by atoms with Crippen molar-refractivity contribution in [3.63, 3.8) is 0 Å². The van der Waals surface area contributed by atoms with Gasteiger partial charge in [0.1, 0.15) is 6.54 Å². The van der Waals surface area contributed by atoms with E-state index in [-0.39, 0.29) is 5.75 Å². The molecule has 0 aliphatic rings. The molecule has 0 spiro atoms. The summed E-state index contributed by atoms with van der Waals surface area (Å²) in [5, 5.41) is 13.4. The van der Waals surface area contributed by atoms with Crippen LogP contribution < -0.4 is 5.32 Å². The maximum Gasteiger partial charge on any atom is 0.405 e. The first-order chi connectivity index (χ1) is 10.8. The van der Waals surface area contributed by atoms with Crippen molar-refractivity contribution in [2.24, 2.45) is 0 Å². The van der Waals surface area contributed by atoms with E-state index in [9.17, 15) is 18.0 Å². The average Bonchev–Trinajstić information content (AvgIpc) is 2.93. The van der Waals surface area contributed by atoms with Gasteiger partial charge in [0.05, 0.1) is 11.4 Å². The number of alkyl halides is 3. The van der Waals surface area contributed by atoms with Gasteiger partial charge in [-0.05, 0) is 41.5 Å². The topological polar surface area (TPSA) is 72.7 Å². The van der Waals surface area contributed by atoms with Crippen LogP contribution in [-0.4, -0.2) is 44.6 Å². The number of aromatic nitrogens is 4. The van der Waals surface area contributed by atoms with Crippen LogP contribution in [-0.2, 0) is 4.79 Å². The first-order valence-electron chi connectivity index (χ1n) is 6.59. The first-order valence-corrected chi connectivity index (χ1v) is 7.57. The Morgan fingerprint density at radius 2 is 2.09 bits per heavy atom. The van der Waals surface area contributed by atoms with Gasteiger partial charge in [0.25, 0.3) is 0 Å². The molecular formula is C13H14F3N5OS. The number of benzene rings is 1. The monoisotopic (exact) mass is 345 g/mol. The van der Waals surface area contributed by atoms with Crippen molar-refractivity contribution in [2.75, 3.05) is 12.3 Å². The highest BCUT2D eigenvalue weighted by Gasteiger charge is 2.27. The summed E-state index contributed by atoms with van der Waals surface area (Å²) in [5.74, 6) is -0.941. The summed E-state index contributed by atoms with van der Waals surface area (Å²) in [6.45, 7) is 2.51. The summed E-state index contributed by atoms with van der Waals surface area (Å²) in [7, 11) is 0. The molecule has 0 aliphatic heterocycles. The maximum absolute atomic E-state index is 12.0. The van der Waals surface area contributed by atoms with Gasteiger partial charge in [0, 0.05) is 0 Å². The SMILES string of the molecule is Cc1cccc(-n2nnnc2SCC(=O)NCC(F)(F)F)c1C. The summed E-state index contributed by atoms with van der Waals surface area (Å²) >= 11 is 0.969. The van der Waals surface area contributed by atoms with Crippen molar-refractivity contribution in [3.8, 4) is 5.69 Å². The lowest BCUT2D eigenvalue weighted by Crippen LogP contribution is -2.34. The molecule has 1 aromatic carbocycles. The molecule has 10 heteroatoms. The molecule has 1 aromatic heterocycles. The van der Waals surface area contributed by atoms with Crippen LogP contribution in [0.25, 0.3) is 5.69 Å². The van der Waals surface area contributed by atoms with Crippen molar-refractivity contribution < 1.29 is 18.0 Å². The van der Waals surface area contributed by atoms with E-state index >= 15 is 0 Å². The zero-order valence-corrected chi connectivity index (χ0v) is 13.2. The van der Waals surface area contributed by atoms with E-state index < -0.39 is 18.6 Å². The largest absolute Gasteiger partial charge is 0.405 e. The summed E-state index contributed by atoms with van der Waals surface area (Å²) < 4.78 is 37.6. The van der Waals surface area contributed by atoms with Crippen molar-refractivity contribution in [1.82, 2.24) is 25.5 Å². The molecule has 0 unspecified atom stereocenters. The molecular weight excluding hydrogens is 331 g/mol. The molecule has 0 saturated heterocycles. The Labute approximate surface area is 134 Å². The Balaban J connectivity index is 2.05. The average molecular weight is 345 g/mol. The van der Waals surface area contributed by atoms with Crippen LogP contribution in [0.15, 0.2) is 23.4 Å². The fraction of sp³-hybridized carbons (Fsp3) is 0.385. The maximum atomic E-state index is 12.0. The zero-order chi connectivity index (χ0) is 17.0. The lowest BCUT2D eigenvalue weighted by Gasteiger charge is -2.10. The molecule has 23 heavy (non-hydrogen) atoms. The number of carbonyl (C=O) groups is 1. The molecule has 124 valence electrons. The first kappa shape index (κ1) is 17.3. The Bertz CT molecular complexity index is 701. The summed E-state index contributed by atoms with van der Waals surface area (Å²) in [4.78, 5) is 11.4. The summed E-state index contributed by atoms with van der Waals surface area (Å²) in [6, 6.07) is 5.62. The molecule has 0 bridgehead atoms. The van der Waals surface area contributed by atoms with Crippen LogP contribution in [0.5, 0.6) is 0 Å². The van der Waals surface area contributed by atoms with Gasteiger partial charge in [-0.25, -0.2) is 0 Å². The molecule has 6 nitrogen and oxygen atoms in total. The lowest BCUT2D eigenvalue weighted by molar-refractivity contribution is -0.136. The molecule has 2 aromatic rings. The highest BCUT2D eigenvalue weighted by molar-refractivity contribution is 7.99. The third kappa shape index (κ3) is 4.68. The predicted octanol–water partition coefficient (Wildman–Crippen LogP) is 2.05. The summed E-state index contributed by atoms with van der Waals surface area (Å²) in [6.07, 6.45) is -4.43. The second-order valence-electron chi connectivity index (χ2n) is 4.77. The number of amides is 1. The van der Waals surface area contributed by atoms with E-state index in [2.05, 4.69) is 15.5 Å². The molecule has 0 fully saturated rings. The fourth-order valence-electron chi connectivity index (χ4n) is 1.77. The molecule has 1 N–H and O–H groups in total. The standard InChI is InChI=1S/C13H14F3N5OS/c1-8-4-3-5-10(9(8)2)21-12(18-19-20-21)23-6-11(22)17-7-13(14,15)16/h3-5H,6-7H2,1-2H3,(H,17,22). The van der Waals surface area contributed by atoms with Crippen LogP contribution in [0, 0.1) is 13.8 Å². The van der Waals surface area contributed by atoms with Gasteiger partial charge in [-0.3, -0.25) is 4.79 Å². The van der Waals surface area contributed by atoms with Gasteiger partial charge in [0.2, 0.25) is 11.1 Å². The molecule has 1 amide bonds. The van der Waals surface area contributed by atoms with Gasteiger partial charge in [-0.15, -0.1) is 5.10 Å². The Morgan fingerprint density at radius 1 is 1.35 bits per heavy atom. The van der Waals surface area contributed by atoms with Crippen LogP contribution in [0.2, 0.25) is 0 Å². The minimum atomic E-state index is -4.43. The number of tetrazole rings is 1. The zero-order valence-electron chi connectivity index (χ0n) is 12.4. The van der Waals surface area contributed by atoms with Crippen LogP contribution in [0.4, 0.5) is 13.2 Å². The minimum Gasteiger partial charge on any atom is -0.346 e. The smallest absolute Gasteiger partial charge is 0.346 e. The van der Waals surface area contributed by atoms with Crippen molar-refractivity contribution in [1.29, 1.82) is 0 Å². The van der Waals surface area contributed by atoms with E-state index in [1.807, 2.05) is 32.0 Å². The van der Waals surface area contributed by atoms with Gasteiger partial charge in [-0.1, -0.05) is 23.9 Å². The van der Waals surface area contributed by atoms with Crippen LogP contribution in [0.3, 0.4) is 0 Å². The quantitative estimate of drug-likeness (QED) is 0.840. The number of halogens is 3. The third-order valence-electron chi connectivity index (χ3n) is 3.06. The number of rotatable bonds is 5. The van der Waals surface area contributed by atoms with Gasteiger partial charge in [-0.2, -0.15) is 17.9 Å². The second-order valence-corrected chi connectivity index (χ2v) is 5.72. The Kier molecular flexibility index (Phi) is 5.24. The number of aryl methyl sites for hydroxylation is 1. The van der Waals surface area contributed by atoms with Crippen molar-refractivity contribution >= 4 is 17.7 Å². The van der Waals surface area contributed by atoms with Crippen molar-refractivity contribution in [2.45, 2.75) is 25.2 Å². The fourth-order valence-corrected chi connectivity index (χ4v) is 2.48. The van der Waals surface area contributed by atoms with E-state index in [0.29, 0.717) is 5.16 Å². The Morgan fingerprint density at radius 3 is 2.78 bits per heavy atom. The molecule has 1 heterocycles. The van der Waals surface area contributed by atoms with Crippen LogP contribution in [0.1, 0.15) is 11.1 Å². The lowest BCUT2D eigenvalue weighted by atomic mass is 10.1. The van der Waals surface area contributed by atoms with Gasteiger partial charge in [0.15, 0.2) is 0 Å². The molecule has 2 rings (SSSR count). The number of nitrogens with one attached hydrogen (secondary N) is 1. The van der Waals surface area contributed by atoms with Gasteiger partial charge >= 0.3 is 6.18 Å². The molecule has 0 aliphatic carbocycles. The number of carbonyl (C=O) groups excluding carboxylic acids is 1. The molecule has 0 atom stereocenters. The number of thioether (sulfide) groups is 1. The number of hydrogen-bond acceptors (Lipinski definition) is 5. The van der Waals surface area contributed by atoms with Crippen molar-refractivity contribution in [3.05, 3.63) is 29.3 Å².